The van der Waals surface area contributed by atoms with Gasteiger partial charge < -0.3 is 11.5 Å². The predicted octanol–water partition coefficient (Wildman–Crippen LogP) is 12.2. The van der Waals surface area contributed by atoms with Gasteiger partial charge in [0.15, 0.2) is 0 Å². The van der Waals surface area contributed by atoms with Gasteiger partial charge >= 0.3 is 0 Å². The van der Waals surface area contributed by atoms with E-state index in [1.54, 1.807) is 0 Å². The summed E-state index contributed by atoms with van der Waals surface area (Å²) in [5, 5.41) is 0. The van der Waals surface area contributed by atoms with Crippen molar-refractivity contribution in [3.05, 3.63) is 129 Å². The molecule has 2 nitrogen and oxygen atoms in total. The van der Waals surface area contributed by atoms with Crippen molar-refractivity contribution in [2.45, 2.75) is 122 Å². The van der Waals surface area contributed by atoms with Crippen LogP contribution in [0.1, 0.15) is 153 Å². The van der Waals surface area contributed by atoms with E-state index in [0.717, 1.165) is 43.0 Å². The average molecular weight is 615 g/mol. The minimum absolute atomic E-state index is 0.399. The zero-order chi connectivity index (χ0) is 32.5. The molecule has 4 aromatic rings. The highest BCUT2D eigenvalue weighted by Gasteiger charge is 2.21. The Hall–Kier alpha value is -3.52. The lowest BCUT2D eigenvalue weighted by atomic mass is 9.80. The number of nitrogens with two attached hydrogens (primary N) is 2. The minimum atomic E-state index is 0.399. The number of hydrogen-bond acceptors (Lipinski definition) is 2. The predicted molar refractivity (Wildman–Crippen MR) is 200 cm³/mol. The Labute approximate surface area is 280 Å². The third kappa shape index (κ3) is 8.44. The lowest BCUT2D eigenvalue weighted by molar-refractivity contribution is 0.328. The van der Waals surface area contributed by atoms with Gasteiger partial charge in [0.05, 0.1) is 0 Å². The van der Waals surface area contributed by atoms with Crippen molar-refractivity contribution in [2.24, 2.45) is 5.92 Å². The van der Waals surface area contributed by atoms with Gasteiger partial charge in [0.1, 0.15) is 0 Å². The molecule has 0 bridgehead atoms. The molecule has 0 aliphatic heterocycles. The van der Waals surface area contributed by atoms with E-state index in [-0.39, 0.29) is 0 Å². The normalized spacial score (nSPS) is 15.8. The van der Waals surface area contributed by atoms with Crippen LogP contribution in [-0.2, 0) is 0 Å². The van der Waals surface area contributed by atoms with Gasteiger partial charge in [0.25, 0.3) is 0 Å². The molecular formula is C44H58N2. The van der Waals surface area contributed by atoms with Crippen LogP contribution in [-0.4, -0.2) is 0 Å². The molecule has 2 unspecified atom stereocenters. The second-order valence-corrected chi connectivity index (χ2v) is 14.2. The maximum absolute atomic E-state index is 6.11. The molecule has 0 radical (unpaired) electrons. The summed E-state index contributed by atoms with van der Waals surface area (Å²) in [6.07, 6.45) is 15.6. The van der Waals surface area contributed by atoms with Crippen LogP contribution < -0.4 is 11.5 Å². The van der Waals surface area contributed by atoms with Crippen molar-refractivity contribution in [2.75, 3.05) is 11.5 Å². The molecule has 1 saturated carbocycles. The molecule has 0 heterocycles. The summed E-state index contributed by atoms with van der Waals surface area (Å²) in [4.78, 5) is 0. The Kier molecular flexibility index (Phi) is 12.0. The number of rotatable bonds is 14. The fourth-order valence-corrected chi connectivity index (χ4v) is 8.29. The van der Waals surface area contributed by atoms with Crippen LogP contribution in [0.3, 0.4) is 0 Å². The highest BCUT2D eigenvalue weighted by Crippen LogP contribution is 2.38. The number of benzene rings is 4. The van der Waals surface area contributed by atoms with Crippen molar-refractivity contribution >= 4 is 11.4 Å². The maximum Gasteiger partial charge on any atom is 0.0316 e. The van der Waals surface area contributed by atoms with E-state index in [4.69, 9.17) is 11.5 Å². The summed E-state index contributed by atoms with van der Waals surface area (Å²) in [5.41, 5.74) is 25.0. The molecule has 5 rings (SSSR count). The molecule has 1 aliphatic carbocycles. The quantitative estimate of drug-likeness (QED) is 0.139. The lowest BCUT2D eigenvalue weighted by Gasteiger charge is -2.25. The summed E-state index contributed by atoms with van der Waals surface area (Å²) >= 11 is 0. The van der Waals surface area contributed by atoms with Gasteiger partial charge in [0.2, 0.25) is 0 Å². The molecule has 46 heavy (non-hydrogen) atoms. The van der Waals surface area contributed by atoms with Crippen molar-refractivity contribution in [1.29, 1.82) is 0 Å². The number of aryl methyl sites for hydroxylation is 2. The average Bonchev–Trinajstić information content (AvgIpc) is 3.06. The van der Waals surface area contributed by atoms with Crippen LogP contribution in [0.25, 0.3) is 0 Å². The smallest absolute Gasteiger partial charge is 0.0316 e. The molecule has 4 N–H and O–H groups in total. The van der Waals surface area contributed by atoms with Crippen LogP contribution in [0, 0.1) is 19.8 Å². The van der Waals surface area contributed by atoms with E-state index in [0.29, 0.717) is 17.8 Å². The molecule has 1 aliphatic rings. The molecule has 244 valence electrons. The zero-order valence-corrected chi connectivity index (χ0v) is 29.0. The first kappa shape index (κ1) is 33.8. The van der Waals surface area contributed by atoms with Crippen LogP contribution in [0.4, 0.5) is 11.4 Å². The van der Waals surface area contributed by atoms with Gasteiger partial charge in [-0.2, -0.15) is 0 Å². The van der Waals surface area contributed by atoms with Crippen molar-refractivity contribution < 1.29 is 0 Å². The van der Waals surface area contributed by atoms with Crippen LogP contribution in [0.15, 0.2) is 84.9 Å². The summed E-state index contributed by atoms with van der Waals surface area (Å²) < 4.78 is 0. The summed E-state index contributed by atoms with van der Waals surface area (Å²) in [7, 11) is 0. The van der Waals surface area contributed by atoms with Crippen LogP contribution in [0.2, 0.25) is 0 Å². The lowest BCUT2D eigenvalue weighted by Crippen LogP contribution is -2.09. The largest absolute Gasteiger partial charge is 0.399 e. The monoisotopic (exact) mass is 614 g/mol. The Morgan fingerprint density at radius 1 is 0.543 bits per heavy atom. The highest BCUT2D eigenvalue weighted by atomic mass is 14.5. The topological polar surface area (TPSA) is 52.0 Å². The van der Waals surface area contributed by atoms with Crippen molar-refractivity contribution in [3.63, 3.8) is 0 Å². The zero-order valence-electron chi connectivity index (χ0n) is 29.0. The Bertz CT molecular complexity index is 1410. The Morgan fingerprint density at radius 2 is 0.957 bits per heavy atom. The first-order valence-corrected chi connectivity index (χ1v) is 18.3. The van der Waals surface area contributed by atoms with E-state index in [2.05, 4.69) is 113 Å². The SMILES string of the molecule is CCCC(c1ccc(C(CCCC2CCCCC2)c2ccc(C(CCC)c3ccc(N)cc3C)cc2)cc1)c1ccc(N)cc1C. The minimum Gasteiger partial charge on any atom is -0.399 e. The van der Waals surface area contributed by atoms with Crippen molar-refractivity contribution in [1.82, 2.24) is 0 Å². The van der Waals surface area contributed by atoms with E-state index >= 15 is 0 Å². The van der Waals surface area contributed by atoms with E-state index in [1.807, 2.05) is 0 Å². The Morgan fingerprint density at radius 3 is 1.35 bits per heavy atom. The molecule has 1 fully saturated rings. The molecule has 0 saturated heterocycles. The van der Waals surface area contributed by atoms with Gasteiger partial charge in [0, 0.05) is 29.1 Å². The summed E-state index contributed by atoms with van der Waals surface area (Å²) in [6, 6.07) is 32.2. The second-order valence-electron chi connectivity index (χ2n) is 14.2. The fraction of sp³-hybridized carbons (Fsp3) is 0.455. The van der Waals surface area contributed by atoms with Gasteiger partial charge in [-0.1, -0.05) is 132 Å². The molecule has 4 aromatic carbocycles. The first-order chi connectivity index (χ1) is 22.4. The standard InChI is InChI=1S/C44H58N2/c1-5-11-43(40-27-25-38(45)29-31(40)3)36-21-17-34(18-22-36)42(16-10-15-33-13-8-7-9-14-33)35-19-23-37(24-20-35)44(12-6-2)41-28-26-39(46)30-32(41)4/h17-30,33,42-44H,5-16,45-46H2,1-4H3. The summed E-state index contributed by atoms with van der Waals surface area (Å²) in [6.45, 7) is 8.99. The molecule has 0 aromatic heterocycles. The van der Waals surface area contributed by atoms with E-state index in [1.165, 1.54) is 95.9 Å². The van der Waals surface area contributed by atoms with Gasteiger partial charge in [-0.3, -0.25) is 0 Å². The molecular weight excluding hydrogens is 556 g/mol. The van der Waals surface area contributed by atoms with Crippen LogP contribution in [0.5, 0.6) is 0 Å². The Balaban J connectivity index is 1.42. The third-order valence-corrected chi connectivity index (χ3v) is 10.8. The molecule has 2 heteroatoms. The number of nitrogen functional groups attached to an aromatic ring is 2. The molecule has 0 spiro atoms. The van der Waals surface area contributed by atoms with E-state index in [9.17, 15) is 0 Å². The van der Waals surface area contributed by atoms with Gasteiger partial charge in [-0.15, -0.1) is 0 Å². The van der Waals surface area contributed by atoms with Crippen LogP contribution >= 0.6 is 0 Å². The summed E-state index contributed by atoms with van der Waals surface area (Å²) in [5.74, 6) is 2.14. The number of hydrogen-bond donors (Lipinski definition) is 2. The van der Waals surface area contributed by atoms with E-state index < -0.39 is 0 Å². The first-order valence-electron chi connectivity index (χ1n) is 18.3. The third-order valence-electron chi connectivity index (χ3n) is 10.8. The molecule has 2 atom stereocenters. The second kappa shape index (κ2) is 16.3. The van der Waals surface area contributed by atoms with Gasteiger partial charge in [-0.05, 0) is 108 Å². The van der Waals surface area contributed by atoms with Crippen molar-refractivity contribution in [3.8, 4) is 0 Å². The molecule has 0 amide bonds. The van der Waals surface area contributed by atoms with Gasteiger partial charge in [-0.25, -0.2) is 0 Å². The highest BCUT2D eigenvalue weighted by molar-refractivity contribution is 5.50. The number of anilines is 2. The fourth-order valence-electron chi connectivity index (χ4n) is 8.29. The maximum atomic E-state index is 6.11.